The molecule has 1 atom stereocenters. The maximum Gasteiger partial charge on any atom is 0.323 e. The number of carboxylic acid groups (broad SMARTS) is 1. The first kappa shape index (κ1) is 17.5. The Bertz CT molecular complexity index is 426. The van der Waals surface area contributed by atoms with Crippen molar-refractivity contribution in [1.82, 2.24) is 9.80 Å². The number of carbonyl (C=O) groups is 3. The first-order chi connectivity index (χ1) is 9.55. The van der Waals surface area contributed by atoms with Gasteiger partial charge in [0.05, 0.1) is 0 Å². The second-order valence-electron chi connectivity index (χ2n) is 6.86. The molecule has 1 rings (SSSR count). The molecule has 1 fully saturated rings. The van der Waals surface area contributed by atoms with Gasteiger partial charge in [-0.05, 0) is 26.7 Å². The summed E-state index contributed by atoms with van der Waals surface area (Å²) >= 11 is 0. The van der Waals surface area contributed by atoms with Gasteiger partial charge in [0, 0.05) is 18.0 Å². The van der Waals surface area contributed by atoms with Crippen molar-refractivity contribution in [2.75, 3.05) is 13.1 Å². The van der Waals surface area contributed by atoms with Gasteiger partial charge in [-0.1, -0.05) is 20.8 Å². The molecule has 0 aliphatic carbocycles. The van der Waals surface area contributed by atoms with Crippen molar-refractivity contribution in [3.63, 3.8) is 0 Å². The van der Waals surface area contributed by atoms with Crippen LogP contribution >= 0.6 is 0 Å². The van der Waals surface area contributed by atoms with Crippen LogP contribution < -0.4 is 0 Å². The van der Waals surface area contributed by atoms with Crippen LogP contribution in [0.4, 0.5) is 0 Å². The van der Waals surface area contributed by atoms with E-state index in [2.05, 4.69) is 0 Å². The van der Waals surface area contributed by atoms with Gasteiger partial charge < -0.3 is 14.9 Å². The highest BCUT2D eigenvalue weighted by Crippen LogP contribution is 2.26. The standard InChI is InChI=1S/C15H26N2O4/c1-10(2)17(9-12(18)19)13(20)11-7-6-8-16(11)14(21)15(3,4)5/h10-11H,6-9H2,1-5H3,(H,18,19). The highest BCUT2D eigenvalue weighted by Gasteiger charge is 2.40. The molecule has 1 N–H and O–H groups in total. The van der Waals surface area contributed by atoms with Crippen molar-refractivity contribution in [1.29, 1.82) is 0 Å². The van der Waals surface area contributed by atoms with Gasteiger partial charge in [-0.3, -0.25) is 14.4 Å². The van der Waals surface area contributed by atoms with E-state index in [0.717, 1.165) is 6.42 Å². The lowest BCUT2D eigenvalue weighted by atomic mass is 9.94. The van der Waals surface area contributed by atoms with E-state index >= 15 is 0 Å². The van der Waals surface area contributed by atoms with Crippen LogP contribution in [0, 0.1) is 5.41 Å². The Hall–Kier alpha value is -1.59. The third kappa shape index (κ3) is 4.19. The molecule has 6 heteroatoms. The summed E-state index contributed by atoms with van der Waals surface area (Å²) in [6.07, 6.45) is 1.38. The van der Waals surface area contributed by atoms with E-state index in [0.29, 0.717) is 13.0 Å². The van der Waals surface area contributed by atoms with Gasteiger partial charge in [0.25, 0.3) is 0 Å². The lowest BCUT2D eigenvalue weighted by Crippen LogP contribution is -2.53. The zero-order valence-corrected chi connectivity index (χ0v) is 13.5. The van der Waals surface area contributed by atoms with Crippen molar-refractivity contribution >= 4 is 17.8 Å². The SMILES string of the molecule is CC(C)N(CC(=O)O)C(=O)C1CCCN1C(=O)C(C)(C)C. The molecule has 0 saturated carbocycles. The van der Waals surface area contributed by atoms with Crippen molar-refractivity contribution in [2.45, 2.75) is 59.5 Å². The fourth-order valence-corrected chi connectivity index (χ4v) is 2.55. The molecule has 21 heavy (non-hydrogen) atoms. The Balaban J connectivity index is 2.93. The number of aliphatic carboxylic acids is 1. The molecule has 6 nitrogen and oxygen atoms in total. The number of hydrogen-bond acceptors (Lipinski definition) is 3. The Morgan fingerprint density at radius 3 is 2.29 bits per heavy atom. The molecule has 1 unspecified atom stereocenters. The van der Waals surface area contributed by atoms with Gasteiger partial charge >= 0.3 is 5.97 Å². The molecule has 0 aromatic carbocycles. The van der Waals surface area contributed by atoms with E-state index in [9.17, 15) is 14.4 Å². The minimum atomic E-state index is -1.04. The largest absolute Gasteiger partial charge is 0.480 e. The number of carbonyl (C=O) groups excluding carboxylic acids is 2. The molecule has 0 aromatic heterocycles. The zero-order chi connectivity index (χ0) is 16.4. The van der Waals surface area contributed by atoms with Crippen LogP contribution in [0.1, 0.15) is 47.5 Å². The van der Waals surface area contributed by atoms with Gasteiger partial charge in [-0.2, -0.15) is 0 Å². The zero-order valence-electron chi connectivity index (χ0n) is 13.5. The van der Waals surface area contributed by atoms with Crippen LogP contribution in [-0.4, -0.2) is 57.9 Å². The Kier molecular flexibility index (Phi) is 5.36. The number of likely N-dealkylation sites (tertiary alicyclic amines) is 1. The van der Waals surface area contributed by atoms with Gasteiger partial charge in [0.2, 0.25) is 11.8 Å². The van der Waals surface area contributed by atoms with E-state index in [-0.39, 0.29) is 24.4 Å². The quantitative estimate of drug-likeness (QED) is 0.849. The highest BCUT2D eigenvalue weighted by molar-refractivity contribution is 5.91. The van der Waals surface area contributed by atoms with Gasteiger partial charge in [-0.25, -0.2) is 0 Å². The molecule has 120 valence electrons. The van der Waals surface area contributed by atoms with Crippen LogP contribution in [0.5, 0.6) is 0 Å². The average Bonchev–Trinajstić information content (AvgIpc) is 2.81. The first-order valence-corrected chi connectivity index (χ1v) is 7.39. The molecule has 2 amide bonds. The van der Waals surface area contributed by atoms with E-state index in [1.165, 1.54) is 4.90 Å². The molecule has 1 aliphatic rings. The second kappa shape index (κ2) is 6.45. The summed E-state index contributed by atoms with van der Waals surface area (Å²) in [5, 5.41) is 8.95. The smallest absolute Gasteiger partial charge is 0.323 e. The fraction of sp³-hybridized carbons (Fsp3) is 0.800. The summed E-state index contributed by atoms with van der Waals surface area (Å²) in [6.45, 7) is 9.28. The highest BCUT2D eigenvalue weighted by atomic mass is 16.4. The van der Waals surface area contributed by atoms with E-state index < -0.39 is 17.4 Å². The Labute approximate surface area is 126 Å². The molecular formula is C15H26N2O4. The maximum atomic E-state index is 12.6. The molecule has 0 bridgehead atoms. The predicted octanol–water partition coefficient (Wildman–Crippen LogP) is 1.35. The Morgan fingerprint density at radius 2 is 1.86 bits per heavy atom. The molecule has 0 radical (unpaired) electrons. The minimum Gasteiger partial charge on any atom is -0.480 e. The van der Waals surface area contributed by atoms with E-state index in [1.807, 2.05) is 20.8 Å². The predicted molar refractivity (Wildman–Crippen MR) is 78.7 cm³/mol. The lowest BCUT2D eigenvalue weighted by molar-refractivity contribution is -0.152. The Morgan fingerprint density at radius 1 is 1.29 bits per heavy atom. The van der Waals surface area contributed by atoms with E-state index in [4.69, 9.17) is 5.11 Å². The molecule has 0 spiro atoms. The normalized spacial score (nSPS) is 19.0. The van der Waals surface area contributed by atoms with E-state index in [1.54, 1.807) is 18.7 Å². The summed E-state index contributed by atoms with van der Waals surface area (Å²) in [7, 11) is 0. The average molecular weight is 298 g/mol. The third-order valence-electron chi connectivity index (χ3n) is 3.65. The maximum absolute atomic E-state index is 12.6. The van der Waals surface area contributed by atoms with Crippen molar-refractivity contribution in [3.8, 4) is 0 Å². The molecule has 1 saturated heterocycles. The third-order valence-corrected chi connectivity index (χ3v) is 3.65. The number of amides is 2. The first-order valence-electron chi connectivity index (χ1n) is 7.39. The van der Waals surface area contributed by atoms with Crippen LogP contribution in [0.25, 0.3) is 0 Å². The number of hydrogen-bond donors (Lipinski definition) is 1. The van der Waals surface area contributed by atoms with Gasteiger partial charge in [-0.15, -0.1) is 0 Å². The van der Waals surface area contributed by atoms with Crippen LogP contribution in [-0.2, 0) is 14.4 Å². The summed E-state index contributed by atoms with van der Waals surface area (Å²) in [6, 6.07) is -0.737. The lowest BCUT2D eigenvalue weighted by Gasteiger charge is -2.34. The molecule has 0 aromatic rings. The topological polar surface area (TPSA) is 77.9 Å². The van der Waals surface area contributed by atoms with Gasteiger partial charge in [0.1, 0.15) is 12.6 Å². The van der Waals surface area contributed by atoms with Crippen molar-refractivity contribution in [2.24, 2.45) is 5.41 Å². The number of carboxylic acids is 1. The summed E-state index contributed by atoms with van der Waals surface area (Å²) in [4.78, 5) is 38.9. The molecular weight excluding hydrogens is 272 g/mol. The van der Waals surface area contributed by atoms with Crippen LogP contribution in [0.2, 0.25) is 0 Å². The summed E-state index contributed by atoms with van der Waals surface area (Å²) in [5.41, 5.74) is -0.543. The summed E-state index contributed by atoms with van der Waals surface area (Å²) < 4.78 is 0. The monoisotopic (exact) mass is 298 g/mol. The minimum absolute atomic E-state index is 0.0580. The fourth-order valence-electron chi connectivity index (χ4n) is 2.55. The summed E-state index contributed by atoms with van der Waals surface area (Å²) in [5.74, 6) is -1.36. The number of nitrogens with zero attached hydrogens (tertiary/aromatic N) is 2. The van der Waals surface area contributed by atoms with Gasteiger partial charge in [0.15, 0.2) is 0 Å². The van der Waals surface area contributed by atoms with Crippen molar-refractivity contribution in [3.05, 3.63) is 0 Å². The molecule has 1 aliphatic heterocycles. The molecule has 1 heterocycles. The van der Waals surface area contributed by atoms with Crippen LogP contribution in [0.15, 0.2) is 0 Å². The second-order valence-corrected chi connectivity index (χ2v) is 6.86. The van der Waals surface area contributed by atoms with Crippen molar-refractivity contribution < 1.29 is 19.5 Å². The van der Waals surface area contributed by atoms with Crippen LogP contribution in [0.3, 0.4) is 0 Å². The number of rotatable bonds is 4.